The Balaban J connectivity index is 1.55. The standard InChI is InChI=1S/C26H27FN4O2S/c1-4-30(19(3)20-11-13-21(27)14-12-20)24(32)17-34-26-29-28-25(23-10-6-5-8-18(23)2)31(26)16-22-9-7-15-33-22/h5-15,19H,4,16-17H2,1-3H3. The third-order valence-electron chi connectivity index (χ3n) is 5.80. The van der Waals surface area contributed by atoms with E-state index < -0.39 is 0 Å². The van der Waals surface area contributed by atoms with E-state index in [4.69, 9.17) is 4.42 Å². The van der Waals surface area contributed by atoms with Crippen LogP contribution in [-0.4, -0.2) is 37.9 Å². The van der Waals surface area contributed by atoms with E-state index in [2.05, 4.69) is 10.2 Å². The average Bonchev–Trinajstić information content (AvgIpc) is 3.49. The van der Waals surface area contributed by atoms with E-state index in [9.17, 15) is 9.18 Å². The topological polar surface area (TPSA) is 64.2 Å². The molecule has 4 rings (SSSR count). The van der Waals surface area contributed by atoms with Crippen molar-refractivity contribution in [1.82, 2.24) is 19.7 Å². The highest BCUT2D eigenvalue weighted by Crippen LogP contribution is 2.28. The predicted molar refractivity (Wildman–Crippen MR) is 131 cm³/mol. The van der Waals surface area contributed by atoms with Crippen molar-refractivity contribution in [3.05, 3.63) is 89.6 Å². The first-order chi connectivity index (χ1) is 16.5. The van der Waals surface area contributed by atoms with Gasteiger partial charge in [-0.25, -0.2) is 4.39 Å². The Kier molecular flexibility index (Phi) is 7.47. The van der Waals surface area contributed by atoms with Crippen LogP contribution in [0.2, 0.25) is 0 Å². The number of carbonyl (C=O) groups is 1. The third kappa shape index (κ3) is 5.22. The van der Waals surface area contributed by atoms with Crippen molar-refractivity contribution in [2.45, 2.75) is 38.5 Å². The molecule has 0 bridgehead atoms. The minimum Gasteiger partial charge on any atom is -0.467 e. The summed E-state index contributed by atoms with van der Waals surface area (Å²) in [5.41, 5.74) is 2.97. The van der Waals surface area contributed by atoms with Crippen LogP contribution in [0.3, 0.4) is 0 Å². The van der Waals surface area contributed by atoms with Crippen LogP contribution >= 0.6 is 11.8 Å². The van der Waals surface area contributed by atoms with Gasteiger partial charge in [0.1, 0.15) is 11.6 Å². The zero-order valence-electron chi connectivity index (χ0n) is 19.4. The summed E-state index contributed by atoms with van der Waals surface area (Å²) in [7, 11) is 0. The second kappa shape index (κ2) is 10.7. The number of hydrogen-bond donors (Lipinski definition) is 0. The van der Waals surface area contributed by atoms with Crippen LogP contribution in [0.15, 0.2) is 76.5 Å². The number of rotatable bonds is 9. The third-order valence-corrected chi connectivity index (χ3v) is 6.75. The molecule has 0 aliphatic rings. The first-order valence-corrected chi connectivity index (χ1v) is 12.2. The number of carbonyl (C=O) groups excluding carboxylic acids is 1. The van der Waals surface area contributed by atoms with Crippen molar-refractivity contribution in [3.8, 4) is 11.4 Å². The van der Waals surface area contributed by atoms with Gasteiger partial charge < -0.3 is 9.32 Å². The number of hydrogen-bond acceptors (Lipinski definition) is 5. The normalized spacial score (nSPS) is 12.0. The summed E-state index contributed by atoms with van der Waals surface area (Å²) in [4.78, 5) is 14.9. The molecule has 1 amide bonds. The van der Waals surface area contributed by atoms with Crippen molar-refractivity contribution in [3.63, 3.8) is 0 Å². The lowest BCUT2D eigenvalue weighted by atomic mass is 10.1. The first-order valence-electron chi connectivity index (χ1n) is 11.2. The number of thioether (sulfide) groups is 1. The second-order valence-corrected chi connectivity index (χ2v) is 8.93. The zero-order valence-corrected chi connectivity index (χ0v) is 20.3. The molecule has 4 aromatic rings. The molecule has 0 radical (unpaired) electrons. The van der Waals surface area contributed by atoms with E-state index in [1.54, 1.807) is 23.3 Å². The largest absolute Gasteiger partial charge is 0.467 e. The number of benzene rings is 2. The quantitative estimate of drug-likeness (QED) is 0.287. The van der Waals surface area contributed by atoms with E-state index in [1.165, 1.54) is 23.9 Å². The summed E-state index contributed by atoms with van der Waals surface area (Å²) in [6, 6.07) is 17.9. The predicted octanol–water partition coefficient (Wildman–Crippen LogP) is 5.74. The fraction of sp³-hybridized carbons (Fsp3) is 0.269. The number of furan rings is 1. The maximum atomic E-state index is 13.3. The van der Waals surface area contributed by atoms with Gasteiger partial charge in [-0.05, 0) is 56.2 Å². The van der Waals surface area contributed by atoms with Crippen LogP contribution in [-0.2, 0) is 11.3 Å². The van der Waals surface area contributed by atoms with E-state index in [0.717, 1.165) is 28.3 Å². The van der Waals surface area contributed by atoms with Crippen LogP contribution in [0.4, 0.5) is 4.39 Å². The molecule has 2 aromatic carbocycles. The van der Waals surface area contributed by atoms with Gasteiger partial charge in [0.15, 0.2) is 11.0 Å². The van der Waals surface area contributed by atoms with E-state index in [1.807, 2.05) is 61.7 Å². The van der Waals surface area contributed by atoms with Gasteiger partial charge in [-0.3, -0.25) is 9.36 Å². The molecule has 1 unspecified atom stereocenters. The number of halogens is 1. The van der Waals surface area contributed by atoms with Crippen LogP contribution in [0.25, 0.3) is 11.4 Å². The highest BCUT2D eigenvalue weighted by Gasteiger charge is 2.23. The highest BCUT2D eigenvalue weighted by atomic mass is 32.2. The molecule has 0 spiro atoms. The molecule has 0 aliphatic carbocycles. The van der Waals surface area contributed by atoms with Gasteiger partial charge in [-0.1, -0.05) is 48.2 Å². The Morgan fingerprint density at radius 1 is 1.12 bits per heavy atom. The monoisotopic (exact) mass is 478 g/mol. The second-order valence-electron chi connectivity index (χ2n) is 7.98. The van der Waals surface area contributed by atoms with Gasteiger partial charge in [0, 0.05) is 12.1 Å². The molecule has 0 saturated carbocycles. The Morgan fingerprint density at radius 2 is 1.88 bits per heavy atom. The van der Waals surface area contributed by atoms with Crippen molar-refractivity contribution < 1.29 is 13.6 Å². The van der Waals surface area contributed by atoms with Crippen LogP contribution in [0.1, 0.15) is 36.8 Å². The zero-order chi connectivity index (χ0) is 24.1. The first kappa shape index (κ1) is 23.8. The summed E-state index contributed by atoms with van der Waals surface area (Å²) in [5.74, 6) is 1.42. The summed E-state index contributed by atoms with van der Waals surface area (Å²) in [5, 5.41) is 9.50. The molecule has 0 N–H and O–H groups in total. The fourth-order valence-electron chi connectivity index (χ4n) is 3.92. The van der Waals surface area contributed by atoms with Gasteiger partial charge in [0.25, 0.3) is 0 Å². The van der Waals surface area contributed by atoms with Gasteiger partial charge >= 0.3 is 0 Å². The van der Waals surface area contributed by atoms with Crippen molar-refractivity contribution >= 4 is 17.7 Å². The Bertz CT molecular complexity index is 1240. The Labute approximate surface area is 202 Å². The van der Waals surface area contributed by atoms with Gasteiger partial charge in [0.05, 0.1) is 24.6 Å². The molecule has 34 heavy (non-hydrogen) atoms. The lowest BCUT2D eigenvalue weighted by molar-refractivity contribution is -0.130. The van der Waals surface area contributed by atoms with Crippen molar-refractivity contribution in [2.75, 3.05) is 12.3 Å². The molecule has 8 heteroatoms. The molecule has 0 aliphatic heterocycles. The van der Waals surface area contributed by atoms with Crippen LogP contribution in [0.5, 0.6) is 0 Å². The molecule has 1 atom stereocenters. The van der Waals surface area contributed by atoms with Gasteiger partial charge in [0.2, 0.25) is 5.91 Å². The molecule has 0 fully saturated rings. The number of aryl methyl sites for hydroxylation is 1. The molecular formula is C26H27FN4O2S. The molecule has 0 saturated heterocycles. The Hall–Kier alpha value is -3.39. The van der Waals surface area contributed by atoms with Crippen LogP contribution in [0, 0.1) is 12.7 Å². The minimum atomic E-state index is -0.291. The maximum Gasteiger partial charge on any atom is 0.233 e. The summed E-state index contributed by atoms with van der Waals surface area (Å²) < 4.78 is 20.9. The van der Waals surface area contributed by atoms with Crippen molar-refractivity contribution in [1.29, 1.82) is 0 Å². The smallest absolute Gasteiger partial charge is 0.233 e. The molecule has 2 aromatic heterocycles. The van der Waals surface area contributed by atoms with E-state index >= 15 is 0 Å². The molecule has 176 valence electrons. The lowest BCUT2D eigenvalue weighted by Gasteiger charge is -2.28. The summed E-state index contributed by atoms with van der Waals surface area (Å²) in [6.45, 7) is 6.94. The number of amides is 1. The van der Waals surface area contributed by atoms with Crippen LogP contribution < -0.4 is 0 Å². The number of nitrogens with zero attached hydrogens (tertiary/aromatic N) is 4. The van der Waals surface area contributed by atoms with E-state index in [0.29, 0.717) is 18.2 Å². The van der Waals surface area contributed by atoms with E-state index in [-0.39, 0.29) is 23.5 Å². The molecule has 6 nitrogen and oxygen atoms in total. The molecular weight excluding hydrogens is 451 g/mol. The highest BCUT2D eigenvalue weighted by molar-refractivity contribution is 7.99. The van der Waals surface area contributed by atoms with Gasteiger partial charge in [-0.2, -0.15) is 0 Å². The average molecular weight is 479 g/mol. The molecule has 2 heterocycles. The maximum absolute atomic E-state index is 13.3. The fourth-order valence-corrected chi connectivity index (χ4v) is 4.74. The minimum absolute atomic E-state index is 0.0192. The summed E-state index contributed by atoms with van der Waals surface area (Å²) >= 11 is 1.35. The lowest BCUT2D eigenvalue weighted by Crippen LogP contribution is -2.34. The SMILES string of the molecule is CCN(C(=O)CSc1nnc(-c2ccccc2C)n1Cc1ccco1)C(C)c1ccc(F)cc1. The summed E-state index contributed by atoms with van der Waals surface area (Å²) in [6.07, 6.45) is 1.64. The van der Waals surface area contributed by atoms with Gasteiger partial charge in [-0.15, -0.1) is 10.2 Å². The van der Waals surface area contributed by atoms with Crippen molar-refractivity contribution in [2.24, 2.45) is 0 Å². The number of aromatic nitrogens is 3. The Morgan fingerprint density at radius 3 is 2.56 bits per heavy atom.